The van der Waals surface area contributed by atoms with Crippen LogP contribution in [-0.2, 0) is 28.9 Å². The van der Waals surface area contributed by atoms with E-state index in [0.29, 0.717) is 31.6 Å². The Labute approximate surface area is 191 Å². The van der Waals surface area contributed by atoms with E-state index in [0.717, 1.165) is 15.9 Å². The van der Waals surface area contributed by atoms with E-state index < -0.39 is 10.0 Å². The lowest BCUT2D eigenvalue weighted by molar-refractivity contribution is -0.120. The first-order valence-corrected chi connectivity index (χ1v) is 13.0. The highest BCUT2D eigenvalue weighted by Crippen LogP contribution is 2.26. The van der Waals surface area contributed by atoms with Gasteiger partial charge in [-0.15, -0.1) is 11.8 Å². The van der Waals surface area contributed by atoms with Crippen LogP contribution in [-0.4, -0.2) is 47.1 Å². The molecule has 1 saturated heterocycles. The molecule has 1 aliphatic rings. The van der Waals surface area contributed by atoms with Gasteiger partial charge in [0.05, 0.1) is 15.9 Å². The number of imidazole rings is 1. The predicted molar refractivity (Wildman–Crippen MR) is 126 cm³/mol. The van der Waals surface area contributed by atoms with Crippen molar-refractivity contribution in [3.8, 4) is 0 Å². The summed E-state index contributed by atoms with van der Waals surface area (Å²) in [6.07, 6.45) is 2.86. The van der Waals surface area contributed by atoms with Gasteiger partial charge in [0.15, 0.2) is 0 Å². The summed E-state index contributed by atoms with van der Waals surface area (Å²) < 4.78 is 30.4. The number of nitrogens with zero attached hydrogens (tertiary/aromatic N) is 3. The fraction of sp³-hybridized carbons (Fsp3) is 0.364. The van der Waals surface area contributed by atoms with Crippen LogP contribution in [0.5, 0.6) is 0 Å². The van der Waals surface area contributed by atoms with Crippen molar-refractivity contribution in [2.24, 2.45) is 20.0 Å². The number of sulfonamides is 1. The van der Waals surface area contributed by atoms with Crippen LogP contribution in [0.1, 0.15) is 12.8 Å². The zero-order valence-electron chi connectivity index (χ0n) is 18.2. The Kier molecular flexibility index (Phi) is 6.19. The number of amides is 1. The number of hydrogen-bond donors (Lipinski definition) is 1. The third kappa shape index (κ3) is 4.10. The first-order chi connectivity index (χ1) is 15.2. The summed E-state index contributed by atoms with van der Waals surface area (Å²) in [7, 11) is -0.162. The molecule has 0 unspecified atom stereocenters. The average molecular weight is 475 g/mol. The standard InChI is InChI=1S/C22H26N4O4S2/c1-24-19-9-4-16(14-20(19)25(2)22(24)28)23-21(27)15-10-12-26(13-11-15)32(29,30)18-7-5-17(31-3)6-8-18/h4-9,14-15H,10-13H2,1-3H3,(H,23,27). The second-order valence-corrected chi connectivity index (χ2v) is 10.8. The second kappa shape index (κ2) is 8.76. The summed E-state index contributed by atoms with van der Waals surface area (Å²) >= 11 is 1.56. The largest absolute Gasteiger partial charge is 0.328 e. The Morgan fingerprint density at radius 1 is 1.00 bits per heavy atom. The van der Waals surface area contributed by atoms with Gasteiger partial charge in [0.1, 0.15) is 0 Å². The maximum Gasteiger partial charge on any atom is 0.328 e. The highest BCUT2D eigenvalue weighted by atomic mass is 32.2. The van der Waals surface area contributed by atoms with Crippen LogP contribution in [0.15, 0.2) is 57.1 Å². The molecule has 0 radical (unpaired) electrons. The van der Waals surface area contributed by atoms with E-state index in [4.69, 9.17) is 0 Å². The van der Waals surface area contributed by atoms with E-state index in [1.165, 1.54) is 4.31 Å². The van der Waals surface area contributed by atoms with Crippen LogP contribution >= 0.6 is 11.8 Å². The fourth-order valence-electron chi connectivity index (χ4n) is 4.08. The molecule has 0 bridgehead atoms. The third-order valence-corrected chi connectivity index (χ3v) is 8.72. The quantitative estimate of drug-likeness (QED) is 0.574. The molecule has 0 spiro atoms. The van der Waals surface area contributed by atoms with Gasteiger partial charge in [-0.25, -0.2) is 13.2 Å². The van der Waals surface area contributed by atoms with Gasteiger partial charge in [-0.1, -0.05) is 0 Å². The van der Waals surface area contributed by atoms with Crippen molar-refractivity contribution in [3.63, 3.8) is 0 Å². The van der Waals surface area contributed by atoms with Gasteiger partial charge in [0.2, 0.25) is 15.9 Å². The zero-order chi connectivity index (χ0) is 23.0. The Balaban J connectivity index is 1.41. The molecule has 1 N–H and O–H groups in total. The first kappa shape index (κ1) is 22.6. The maximum atomic E-state index is 12.9. The Hall–Kier alpha value is -2.56. The summed E-state index contributed by atoms with van der Waals surface area (Å²) in [5.74, 6) is -0.401. The van der Waals surface area contributed by atoms with Gasteiger partial charge >= 0.3 is 5.69 Å². The van der Waals surface area contributed by atoms with Crippen LogP contribution in [0, 0.1) is 5.92 Å². The molecule has 10 heteroatoms. The molecule has 1 amide bonds. The first-order valence-electron chi connectivity index (χ1n) is 10.3. The molecule has 170 valence electrons. The minimum atomic E-state index is -3.57. The molecule has 0 saturated carbocycles. The lowest BCUT2D eigenvalue weighted by Gasteiger charge is -2.30. The van der Waals surface area contributed by atoms with Crippen molar-refractivity contribution < 1.29 is 13.2 Å². The number of thioether (sulfide) groups is 1. The highest BCUT2D eigenvalue weighted by molar-refractivity contribution is 7.98. The minimum absolute atomic E-state index is 0.125. The zero-order valence-corrected chi connectivity index (χ0v) is 19.9. The molecular formula is C22H26N4O4S2. The van der Waals surface area contributed by atoms with Gasteiger partial charge in [-0.2, -0.15) is 4.31 Å². The Morgan fingerprint density at radius 3 is 2.25 bits per heavy atom. The monoisotopic (exact) mass is 474 g/mol. The number of anilines is 1. The number of hydrogen-bond acceptors (Lipinski definition) is 5. The van der Waals surface area contributed by atoms with Crippen LogP contribution in [0.25, 0.3) is 11.0 Å². The average Bonchev–Trinajstić information content (AvgIpc) is 3.02. The molecule has 32 heavy (non-hydrogen) atoms. The Morgan fingerprint density at radius 2 is 1.62 bits per heavy atom. The molecule has 0 aliphatic carbocycles. The lowest BCUT2D eigenvalue weighted by atomic mass is 9.97. The van der Waals surface area contributed by atoms with Crippen molar-refractivity contribution in [1.29, 1.82) is 0 Å². The number of aromatic nitrogens is 2. The van der Waals surface area contributed by atoms with E-state index in [9.17, 15) is 18.0 Å². The van der Waals surface area contributed by atoms with E-state index >= 15 is 0 Å². The van der Waals surface area contributed by atoms with Crippen LogP contribution < -0.4 is 11.0 Å². The van der Waals surface area contributed by atoms with Crippen molar-refractivity contribution in [2.75, 3.05) is 24.7 Å². The molecule has 4 rings (SSSR count). The SMILES string of the molecule is CSc1ccc(S(=O)(=O)N2CCC(C(=O)Nc3ccc4c(c3)n(C)c(=O)n4C)CC2)cc1. The topological polar surface area (TPSA) is 93.4 Å². The van der Waals surface area contributed by atoms with E-state index in [1.807, 2.05) is 12.3 Å². The van der Waals surface area contributed by atoms with Crippen LogP contribution in [0.2, 0.25) is 0 Å². The van der Waals surface area contributed by atoms with Gasteiger partial charge in [-0.05, 0) is 61.6 Å². The molecule has 1 aromatic heterocycles. The molecule has 3 aromatic rings. The number of carbonyl (C=O) groups is 1. The van der Waals surface area contributed by atoms with Gasteiger partial charge in [-0.3, -0.25) is 13.9 Å². The lowest BCUT2D eigenvalue weighted by Crippen LogP contribution is -2.41. The third-order valence-electron chi connectivity index (χ3n) is 6.06. The number of fused-ring (bicyclic) bond motifs is 1. The minimum Gasteiger partial charge on any atom is -0.326 e. The van der Waals surface area contributed by atoms with Crippen molar-refractivity contribution in [1.82, 2.24) is 13.4 Å². The van der Waals surface area contributed by atoms with Crippen molar-refractivity contribution in [3.05, 3.63) is 52.9 Å². The van der Waals surface area contributed by atoms with E-state index in [2.05, 4.69) is 5.32 Å². The molecule has 0 atom stereocenters. The molecule has 1 fully saturated rings. The number of benzene rings is 2. The molecule has 8 nitrogen and oxygen atoms in total. The Bertz CT molecular complexity index is 1320. The molecule has 2 aromatic carbocycles. The van der Waals surface area contributed by atoms with Gasteiger partial charge in [0.25, 0.3) is 0 Å². The summed E-state index contributed by atoms with van der Waals surface area (Å²) in [6, 6.07) is 12.2. The second-order valence-electron chi connectivity index (χ2n) is 7.95. The maximum absolute atomic E-state index is 12.9. The van der Waals surface area contributed by atoms with Gasteiger partial charge < -0.3 is 5.32 Å². The number of rotatable bonds is 5. The van der Waals surface area contributed by atoms with Gasteiger partial charge in [0, 0.05) is 43.7 Å². The number of carbonyl (C=O) groups excluding carboxylic acids is 1. The molecule has 1 aliphatic heterocycles. The molecular weight excluding hydrogens is 448 g/mol. The van der Waals surface area contributed by atoms with Crippen molar-refractivity contribution >= 4 is 44.4 Å². The fourth-order valence-corrected chi connectivity index (χ4v) is 5.96. The van der Waals surface area contributed by atoms with Crippen LogP contribution in [0.3, 0.4) is 0 Å². The number of piperidine rings is 1. The highest BCUT2D eigenvalue weighted by Gasteiger charge is 2.32. The summed E-state index contributed by atoms with van der Waals surface area (Å²) in [5, 5.41) is 2.92. The number of aryl methyl sites for hydroxylation is 2. The predicted octanol–water partition coefficient (Wildman–Crippen LogP) is 2.64. The summed E-state index contributed by atoms with van der Waals surface area (Å²) in [4.78, 5) is 26.2. The van der Waals surface area contributed by atoms with E-state index in [1.54, 1.807) is 71.4 Å². The van der Waals surface area contributed by atoms with Crippen molar-refractivity contribution in [2.45, 2.75) is 22.6 Å². The summed E-state index contributed by atoms with van der Waals surface area (Å²) in [5.41, 5.74) is 2.02. The molecule has 2 heterocycles. The summed E-state index contributed by atoms with van der Waals surface area (Å²) in [6.45, 7) is 0.605. The number of nitrogens with one attached hydrogen (secondary N) is 1. The smallest absolute Gasteiger partial charge is 0.326 e. The van der Waals surface area contributed by atoms with Crippen LogP contribution in [0.4, 0.5) is 5.69 Å². The normalized spacial score (nSPS) is 15.8. The van der Waals surface area contributed by atoms with E-state index in [-0.39, 0.29) is 22.4 Å².